The molecule has 1 fully saturated rings. The van der Waals surface area contributed by atoms with E-state index in [1.165, 1.54) is 16.0 Å². The van der Waals surface area contributed by atoms with Crippen LogP contribution >= 0.6 is 0 Å². The fourth-order valence-corrected chi connectivity index (χ4v) is 4.31. The number of carboxylic acid groups (broad SMARTS) is 1. The van der Waals surface area contributed by atoms with Crippen LogP contribution in [-0.2, 0) is 19.1 Å². The monoisotopic (exact) mass is 438 g/mol. The minimum Gasteiger partial charge on any atom is -0.481 e. The Labute approximate surface area is 186 Å². The fraction of sp³-hybridized carbons (Fsp3) is 0.375. The fourth-order valence-electron chi connectivity index (χ4n) is 4.31. The van der Waals surface area contributed by atoms with Crippen molar-refractivity contribution in [1.82, 2.24) is 10.2 Å². The topological polar surface area (TPSA) is 105 Å². The first-order valence-corrected chi connectivity index (χ1v) is 10.7. The molecule has 0 aromatic heterocycles. The number of rotatable bonds is 8. The van der Waals surface area contributed by atoms with E-state index in [9.17, 15) is 14.4 Å². The van der Waals surface area contributed by atoms with E-state index in [0.29, 0.717) is 13.0 Å². The molecule has 8 nitrogen and oxygen atoms in total. The first-order chi connectivity index (χ1) is 15.5. The molecule has 2 N–H and O–H groups in total. The second-order valence-electron chi connectivity index (χ2n) is 7.97. The van der Waals surface area contributed by atoms with Gasteiger partial charge in [0.2, 0.25) is 5.91 Å². The third kappa shape index (κ3) is 4.75. The van der Waals surface area contributed by atoms with Crippen LogP contribution in [0, 0.1) is 5.92 Å². The third-order valence-electron chi connectivity index (χ3n) is 5.98. The number of likely N-dealkylation sites (tertiary alicyclic amines) is 1. The van der Waals surface area contributed by atoms with Crippen molar-refractivity contribution in [2.75, 3.05) is 39.5 Å². The number of ether oxygens (including phenoxy) is 2. The molecule has 1 aliphatic carbocycles. The number of hydrogen-bond donors (Lipinski definition) is 2. The minimum absolute atomic E-state index is 0.00267. The number of amides is 2. The lowest BCUT2D eigenvalue weighted by atomic mass is 9.98. The smallest absolute Gasteiger partial charge is 0.407 e. The second-order valence-corrected chi connectivity index (χ2v) is 7.97. The van der Waals surface area contributed by atoms with Crippen LogP contribution in [0.1, 0.15) is 23.5 Å². The van der Waals surface area contributed by atoms with Gasteiger partial charge in [0.25, 0.3) is 0 Å². The molecule has 2 aromatic carbocycles. The number of alkyl carbamates (subject to hydrolysis) is 1. The molecule has 168 valence electrons. The van der Waals surface area contributed by atoms with Crippen LogP contribution in [0.3, 0.4) is 0 Å². The molecular weight excluding hydrogens is 412 g/mol. The van der Waals surface area contributed by atoms with Crippen molar-refractivity contribution < 1.29 is 29.0 Å². The highest BCUT2D eigenvalue weighted by Gasteiger charge is 2.31. The molecule has 0 spiro atoms. The maximum atomic E-state index is 12.1. The second kappa shape index (κ2) is 9.82. The third-order valence-corrected chi connectivity index (χ3v) is 5.98. The number of carbonyl (C=O) groups excluding carboxylic acids is 2. The molecule has 32 heavy (non-hydrogen) atoms. The van der Waals surface area contributed by atoms with Gasteiger partial charge in [0.05, 0.1) is 12.5 Å². The zero-order valence-electron chi connectivity index (χ0n) is 17.7. The summed E-state index contributed by atoms with van der Waals surface area (Å²) < 4.78 is 10.8. The molecule has 1 saturated heterocycles. The molecule has 0 radical (unpaired) electrons. The number of fused-ring (bicyclic) bond motifs is 3. The Morgan fingerprint density at radius 2 is 1.69 bits per heavy atom. The molecule has 4 rings (SSSR count). The predicted molar refractivity (Wildman–Crippen MR) is 116 cm³/mol. The zero-order chi connectivity index (χ0) is 22.5. The Bertz CT molecular complexity index is 962. The molecular formula is C24H26N2O6. The van der Waals surface area contributed by atoms with E-state index in [2.05, 4.69) is 29.6 Å². The predicted octanol–water partition coefficient (Wildman–Crippen LogP) is 2.47. The van der Waals surface area contributed by atoms with E-state index in [1.54, 1.807) is 0 Å². The van der Waals surface area contributed by atoms with Gasteiger partial charge < -0.3 is 24.8 Å². The Morgan fingerprint density at radius 1 is 1.03 bits per heavy atom. The van der Waals surface area contributed by atoms with E-state index in [-0.39, 0.29) is 44.7 Å². The molecule has 2 aromatic rings. The lowest BCUT2D eigenvalue weighted by Crippen LogP contribution is -2.34. The van der Waals surface area contributed by atoms with E-state index in [4.69, 9.17) is 14.6 Å². The molecule has 0 saturated carbocycles. The largest absolute Gasteiger partial charge is 0.481 e. The lowest BCUT2D eigenvalue weighted by molar-refractivity contribution is -0.141. The summed E-state index contributed by atoms with van der Waals surface area (Å²) in [6.07, 6.45) is -0.0737. The standard InChI is InChI=1S/C24H26N2O6/c27-22(26-11-9-16(13-26)23(28)29)15-31-12-10-25-24(30)32-14-21-19-7-3-1-5-17(19)18-6-2-4-8-20(18)21/h1-8,16,21H,9-15H2,(H,25,30)(H,28,29). The highest BCUT2D eigenvalue weighted by atomic mass is 16.5. The Balaban J connectivity index is 1.17. The van der Waals surface area contributed by atoms with Gasteiger partial charge in [0.15, 0.2) is 0 Å². The van der Waals surface area contributed by atoms with E-state index >= 15 is 0 Å². The summed E-state index contributed by atoms with van der Waals surface area (Å²) in [6, 6.07) is 16.3. The van der Waals surface area contributed by atoms with Crippen LogP contribution in [0.25, 0.3) is 11.1 Å². The van der Waals surface area contributed by atoms with Gasteiger partial charge in [0.1, 0.15) is 13.2 Å². The van der Waals surface area contributed by atoms with Crippen molar-refractivity contribution in [1.29, 1.82) is 0 Å². The minimum atomic E-state index is -0.881. The highest BCUT2D eigenvalue weighted by Crippen LogP contribution is 2.44. The van der Waals surface area contributed by atoms with Crippen molar-refractivity contribution in [2.24, 2.45) is 5.92 Å². The van der Waals surface area contributed by atoms with Crippen molar-refractivity contribution in [3.63, 3.8) is 0 Å². The van der Waals surface area contributed by atoms with Gasteiger partial charge in [-0.25, -0.2) is 4.79 Å². The number of carbonyl (C=O) groups is 3. The van der Waals surface area contributed by atoms with Crippen LogP contribution in [0.5, 0.6) is 0 Å². The van der Waals surface area contributed by atoms with Gasteiger partial charge >= 0.3 is 12.1 Å². The van der Waals surface area contributed by atoms with Crippen molar-refractivity contribution >= 4 is 18.0 Å². The molecule has 8 heteroatoms. The SMILES string of the molecule is O=C(NCCOCC(=O)N1CCC(C(=O)O)C1)OCC1c2ccccc2-c2ccccc21. The quantitative estimate of drug-likeness (QED) is 0.614. The zero-order valence-corrected chi connectivity index (χ0v) is 17.7. The molecule has 1 atom stereocenters. The Kier molecular flexibility index (Phi) is 6.70. The van der Waals surface area contributed by atoms with Gasteiger partial charge in [-0.3, -0.25) is 9.59 Å². The first kappa shape index (κ1) is 21.8. The Hall–Kier alpha value is -3.39. The average Bonchev–Trinajstić information content (AvgIpc) is 3.41. The molecule has 2 amide bonds. The van der Waals surface area contributed by atoms with Crippen LogP contribution in [0.4, 0.5) is 4.79 Å². The van der Waals surface area contributed by atoms with Crippen molar-refractivity contribution in [3.8, 4) is 11.1 Å². The normalized spacial score (nSPS) is 17.0. The van der Waals surface area contributed by atoms with Gasteiger partial charge in [0, 0.05) is 25.6 Å². The number of nitrogens with zero attached hydrogens (tertiary/aromatic N) is 1. The van der Waals surface area contributed by atoms with Gasteiger partial charge in [-0.05, 0) is 28.7 Å². The number of hydrogen-bond acceptors (Lipinski definition) is 5. The van der Waals surface area contributed by atoms with Crippen molar-refractivity contribution in [3.05, 3.63) is 59.7 Å². The van der Waals surface area contributed by atoms with Gasteiger partial charge in [-0.2, -0.15) is 0 Å². The van der Waals surface area contributed by atoms with Crippen LogP contribution in [-0.4, -0.2) is 67.4 Å². The van der Waals surface area contributed by atoms with Crippen LogP contribution < -0.4 is 5.32 Å². The molecule has 2 aliphatic rings. The maximum Gasteiger partial charge on any atom is 0.407 e. The summed E-state index contributed by atoms with van der Waals surface area (Å²) >= 11 is 0. The Morgan fingerprint density at radius 3 is 2.31 bits per heavy atom. The summed E-state index contributed by atoms with van der Waals surface area (Å²) in [5.74, 6) is -1.63. The van der Waals surface area contributed by atoms with E-state index in [1.807, 2.05) is 24.3 Å². The van der Waals surface area contributed by atoms with Crippen LogP contribution in [0.2, 0.25) is 0 Å². The summed E-state index contributed by atoms with van der Waals surface area (Å²) in [5.41, 5.74) is 4.64. The molecule has 1 aliphatic heterocycles. The molecule has 1 heterocycles. The number of nitrogens with one attached hydrogen (secondary N) is 1. The number of carboxylic acids is 1. The molecule has 0 bridgehead atoms. The number of aliphatic carboxylic acids is 1. The van der Waals surface area contributed by atoms with Gasteiger partial charge in [-0.15, -0.1) is 0 Å². The summed E-state index contributed by atoms with van der Waals surface area (Å²) in [7, 11) is 0. The van der Waals surface area contributed by atoms with Gasteiger partial charge in [-0.1, -0.05) is 48.5 Å². The van der Waals surface area contributed by atoms with E-state index < -0.39 is 18.0 Å². The highest BCUT2D eigenvalue weighted by molar-refractivity contribution is 5.80. The maximum absolute atomic E-state index is 12.1. The first-order valence-electron chi connectivity index (χ1n) is 10.7. The number of benzene rings is 2. The summed E-state index contributed by atoms with van der Waals surface area (Å²) in [4.78, 5) is 36.6. The van der Waals surface area contributed by atoms with Crippen LogP contribution in [0.15, 0.2) is 48.5 Å². The van der Waals surface area contributed by atoms with Crippen molar-refractivity contribution in [2.45, 2.75) is 12.3 Å². The van der Waals surface area contributed by atoms with E-state index in [0.717, 1.165) is 11.1 Å². The summed E-state index contributed by atoms with van der Waals surface area (Å²) in [6.45, 7) is 1.11. The average molecular weight is 438 g/mol. The summed E-state index contributed by atoms with van der Waals surface area (Å²) in [5, 5.41) is 11.6. The molecule has 1 unspecified atom stereocenters. The lowest BCUT2D eigenvalue weighted by Gasteiger charge is -2.16.